The lowest BCUT2D eigenvalue weighted by Crippen LogP contribution is -2.31. The van der Waals surface area contributed by atoms with Gasteiger partial charge >= 0.3 is 0 Å². The van der Waals surface area contributed by atoms with Crippen molar-refractivity contribution in [1.82, 2.24) is 10.0 Å². The maximum Gasteiger partial charge on any atom is 0.244 e. The van der Waals surface area contributed by atoms with Crippen molar-refractivity contribution in [3.05, 3.63) is 17.6 Å². The smallest absolute Gasteiger partial charge is 0.244 e. The van der Waals surface area contributed by atoms with Crippen LogP contribution >= 0.6 is 0 Å². The molecule has 1 fully saturated rings. The molecule has 0 amide bonds. The molecule has 0 aliphatic heterocycles. The van der Waals surface area contributed by atoms with Gasteiger partial charge in [-0.2, -0.15) is 0 Å². The second-order valence-corrected chi connectivity index (χ2v) is 7.88. The van der Waals surface area contributed by atoms with E-state index >= 15 is 0 Å². The Morgan fingerprint density at radius 3 is 2.57 bits per heavy atom. The molecular formula is C15H26N2O3S. The molecule has 120 valence electrons. The van der Waals surface area contributed by atoms with Crippen molar-refractivity contribution in [3.63, 3.8) is 0 Å². The van der Waals surface area contributed by atoms with Crippen molar-refractivity contribution in [1.29, 1.82) is 0 Å². The minimum atomic E-state index is -3.47. The molecule has 1 aliphatic rings. The maximum atomic E-state index is 12.4. The lowest BCUT2D eigenvalue weighted by molar-refractivity contribution is 0.290. The van der Waals surface area contributed by atoms with E-state index in [1.807, 2.05) is 0 Å². The summed E-state index contributed by atoms with van der Waals surface area (Å²) >= 11 is 0. The Balaban J connectivity index is 1.98. The lowest BCUT2D eigenvalue weighted by atomic mass is 9.83. The van der Waals surface area contributed by atoms with Gasteiger partial charge in [0.15, 0.2) is 0 Å². The van der Waals surface area contributed by atoms with Gasteiger partial charge in [0.05, 0.1) is 6.54 Å². The quantitative estimate of drug-likeness (QED) is 0.846. The summed E-state index contributed by atoms with van der Waals surface area (Å²) in [6.07, 6.45) is 4.62. The molecule has 0 radical (unpaired) electrons. The molecule has 0 unspecified atom stereocenters. The van der Waals surface area contributed by atoms with E-state index in [0.29, 0.717) is 30.5 Å². The Morgan fingerprint density at radius 2 is 1.95 bits per heavy atom. The Hall–Kier alpha value is -0.850. The van der Waals surface area contributed by atoms with E-state index in [-0.39, 0.29) is 4.90 Å². The van der Waals surface area contributed by atoms with Gasteiger partial charge in [-0.3, -0.25) is 0 Å². The van der Waals surface area contributed by atoms with Crippen LogP contribution < -0.4 is 10.0 Å². The fourth-order valence-corrected chi connectivity index (χ4v) is 4.21. The normalized spacial score (nSPS) is 23.4. The number of hydrogen-bond acceptors (Lipinski definition) is 4. The molecule has 21 heavy (non-hydrogen) atoms. The summed E-state index contributed by atoms with van der Waals surface area (Å²) in [6, 6.07) is 1.61. The molecule has 0 atom stereocenters. The lowest BCUT2D eigenvalue weighted by Gasteiger charge is -2.26. The molecule has 1 aromatic rings. The molecule has 1 saturated carbocycles. The Labute approximate surface area is 127 Å². The third-order valence-electron chi connectivity index (χ3n) is 4.26. The summed E-state index contributed by atoms with van der Waals surface area (Å²) < 4.78 is 33.0. The predicted molar refractivity (Wildman–Crippen MR) is 82.5 cm³/mol. The molecule has 0 bridgehead atoms. The first-order valence-corrected chi connectivity index (χ1v) is 9.14. The van der Waals surface area contributed by atoms with Gasteiger partial charge in [0.2, 0.25) is 10.0 Å². The summed E-state index contributed by atoms with van der Waals surface area (Å²) in [6.45, 7) is 5.01. The van der Waals surface area contributed by atoms with E-state index in [4.69, 9.17) is 4.42 Å². The summed E-state index contributed by atoms with van der Waals surface area (Å²) in [5.74, 6) is 2.32. The molecule has 2 rings (SSSR count). The molecule has 0 spiro atoms. The van der Waals surface area contributed by atoms with Crippen LogP contribution in [0.4, 0.5) is 0 Å². The monoisotopic (exact) mass is 314 g/mol. The van der Waals surface area contributed by atoms with Crippen LogP contribution in [-0.2, 0) is 16.6 Å². The molecule has 1 heterocycles. The van der Waals surface area contributed by atoms with E-state index < -0.39 is 10.0 Å². The van der Waals surface area contributed by atoms with Gasteiger partial charge in [-0.1, -0.05) is 19.8 Å². The van der Waals surface area contributed by atoms with E-state index in [0.717, 1.165) is 18.8 Å². The molecule has 6 heteroatoms. The SMILES string of the molecule is CNCc1cc(S(=O)(=O)NCC2CCC(C)CC2)c(C)o1. The van der Waals surface area contributed by atoms with Crippen LogP contribution in [0.15, 0.2) is 15.4 Å². The molecule has 0 aromatic carbocycles. The van der Waals surface area contributed by atoms with Gasteiger partial charge < -0.3 is 9.73 Å². The molecular weight excluding hydrogens is 288 g/mol. The predicted octanol–water partition coefficient (Wildman–Crippen LogP) is 2.41. The summed E-state index contributed by atoms with van der Waals surface area (Å²) in [5.41, 5.74) is 0. The number of hydrogen-bond donors (Lipinski definition) is 2. The van der Waals surface area contributed by atoms with Gasteiger partial charge in [0.1, 0.15) is 16.4 Å². The fraction of sp³-hybridized carbons (Fsp3) is 0.733. The third kappa shape index (κ3) is 4.31. The molecule has 2 N–H and O–H groups in total. The molecule has 1 aromatic heterocycles. The van der Waals surface area contributed by atoms with Gasteiger partial charge in [-0.05, 0) is 38.6 Å². The number of rotatable bonds is 6. The zero-order chi connectivity index (χ0) is 15.5. The third-order valence-corrected chi connectivity index (χ3v) is 5.79. The topological polar surface area (TPSA) is 71.3 Å². The first kappa shape index (κ1) is 16.5. The molecule has 5 nitrogen and oxygen atoms in total. The van der Waals surface area contributed by atoms with Crippen LogP contribution in [0.25, 0.3) is 0 Å². The summed E-state index contributed by atoms with van der Waals surface area (Å²) in [7, 11) is -1.67. The highest BCUT2D eigenvalue weighted by atomic mass is 32.2. The molecule has 1 aliphatic carbocycles. The van der Waals surface area contributed by atoms with E-state index in [2.05, 4.69) is 17.0 Å². The zero-order valence-electron chi connectivity index (χ0n) is 13.1. The second kappa shape index (κ2) is 6.94. The van der Waals surface area contributed by atoms with E-state index in [1.165, 1.54) is 12.8 Å². The average molecular weight is 314 g/mol. The highest BCUT2D eigenvalue weighted by molar-refractivity contribution is 7.89. The summed E-state index contributed by atoms with van der Waals surface area (Å²) in [5, 5.41) is 2.95. The van der Waals surface area contributed by atoms with Crippen LogP contribution in [-0.4, -0.2) is 22.0 Å². The standard InChI is InChI=1S/C15H26N2O3S/c1-11-4-6-13(7-5-11)9-17-21(18,19)15-8-14(10-16-3)20-12(15)2/h8,11,13,16-17H,4-7,9-10H2,1-3H3. The van der Waals surface area contributed by atoms with Crippen molar-refractivity contribution in [2.24, 2.45) is 11.8 Å². The van der Waals surface area contributed by atoms with Crippen molar-refractivity contribution in [3.8, 4) is 0 Å². The Kier molecular flexibility index (Phi) is 5.46. The Morgan fingerprint density at radius 1 is 1.29 bits per heavy atom. The van der Waals surface area contributed by atoms with Crippen LogP contribution in [0.3, 0.4) is 0 Å². The minimum absolute atomic E-state index is 0.261. The number of furan rings is 1. The van der Waals surface area contributed by atoms with Crippen molar-refractivity contribution in [2.75, 3.05) is 13.6 Å². The first-order valence-electron chi connectivity index (χ1n) is 7.66. The largest absolute Gasteiger partial charge is 0.464 e. The molecule has 0 saturated heterocycles. The van der Waals surface area contributed by atoms with Gasteiger partial charge in [0.25, 0.3) is 0 Å². The van der Waals surface area contributed by atoms with Crippen LogP contribution in [0.5, 0.6) is 0 Å². The maximum absolute atomic E-state index is 12.4. The average Bonchev–Trinajstić information content (AvgIpc) is 2.80. The van der Waals surface area contributed by atoms with Crippen molar-refractivity contribution >= 4 is 10.0 Å². The van der Waals surface area contributed by atoms with Crippen LogP contribution in [0, 0.1) is 18.8 Å². The number of nitrogens with one attached hydrogen (secondary N) is 2. The highest BCUT2D eigenvalue weighted by Crippen LogP contribution is 2.28. The van der Waals surface area contributed by atoms with Crippen LogP contribution in [0.1, 0.15) is 44.1 Å². The van der Waals surface area contributed by atoms with Gasteiger partial charge in [-0.15, -0.1) is 0 Å². The first-order chi connectivity index (χ1) is 9.92. The Bertz CT molecular complexity index is 557. The van der Waals surface area contributed by atoms with Gasteiger partial charge in [0, 0.05) is 12.6 Å². The van der Waals surface area contributed by atoms with Crippen LogP contribution in [0.2, 0.25) is 0 Å². The summed E-state index contributed by atoms with van der Waals surface area (Å²) in [4.78, 5) is 0.261. The zero-order valence-corrected chi connectivity index (χ0v) is 13.9. The van der Waals surface area contributed by atoms with E-state index in [1.54, 1.807) is 20.0 Å². The van der Waals surface area contributed by atoms with Gasteiger partial charge in [-0.25, -0.2) is 13.1 Å². The number of aryl methyl sites for hydroxylation is 1. The minimum Gasteiger partial charge on any atom is -0.464 e. The second-order valence-electron chi connectivity index (χ2n) is 6.14. The van der Waals surface area contributed by atoms with E-state index in [9.17, 15) is 8.42 Å². The van der Waals surface area contributed by atoms with Crippen molar-refractivity contribution < 1.29 is 12.8 Å². The van der Waals surface area contributed by atoms with Crippen molar-refractivity contribution in [2.45, 2.75) is 51.0 Å². The number of sulfonamides is 1. The highest BCUT2D eigenvalue weighted by Gasteiger charge is 2.24. The fourth-order valence-electron chi connectivity index (χ4n) is 2.89.